The largest absolute Gasteiger partial charge is 0.469 e. The first-order valence-corrected chi connectivity index (χ1v) is 7.74. The maximum atomic E-state index is 10.6. The summed E-state index contributed by atoms with van der Waals surface area (Å²) in [5.41, 5.74) is 0. The number of phosphoric acid groups is 1. The summed E-state index contributed by atoms with van der Waals surface area (Å²) in [6, 6.07) is 0. The average molecular weight is 280 g/mol. The van der Waals surface area contributed by atoms with Crippen molar-refractivity contribution in [3.63, 3.8) is 0 Å². The Labute approximate surface area is 108 Å². The smallest absolute Gasteiger partial charge is 0.372 e. The maximum Gasteiger partial charge on any atom is 0.469 e. The minimum absolute atomic E-state index is 0.0890. The predicted octanol–water partition coefficient (Wildman–Crippen LogP) is 0.909. The van der Waals surface area contributed by atoms with Gasteiger partial charge in [0.15, 0.2) is 0 Å². The second-order valence-corrected chi connectivity index (χ2v) is 5.87. The summed E-state index contributed by atoms with van der Waals surface area (Å²) >= 11 is 0. The first-order valence-electron chi connectivity index (χ1n) is 6.21. The number of quaternary nitrogens is 1. The SMILES string of the molecule is C=CCOCC[N+]1(CCOP(=O)(O)O)CCCC1. The van der Waals surface area contributed by atoms with Crippen LogP contribution in [0.15, 0.2) is 12.7 Å². The van der Waals surface area contributed by atoms with Gasteiger partial charge in [0.05, 0.1) is 26.3 Å². The molecule has 0 aromatic carbocycles. The molecule has 0 atom stereocenters. The van der Waals surface area contributed by atoms with Crippen molar-refractivity contribution < 1.29 is 28.1 Å². The van der Waals surface area contributed by atoms with Crippen LogP contribution >= 0.6 is 7.82 Å². The van der Waals surface area contributed by atoms with E-state index in [-0.39, 0.29) is 6.61 Å². The third kappa shape index (κ3) is 6.09. The van der Waals surface area contributed by atoms with Crippen LogP contribution in [0.1, 0.15) is 12.8 Å². The Morgan fingerprint density at radius 1 is 1.22 bits per heavy atom. The van der Waals surface area contributed by atoms with E-state index < -0.39 is 7.82 Å². The molecule has 18 heavy (non-hydrogen) atoms. The standard InChI is InChI=1S/C11H22NO5P/c1-2-9-16-10-7-12(5-3-4-6-12)8-11-17-18(13,14)15/h2H,1,3-11H2,(H-,13,14,15)/p+1. The molecule has 1 aliphatic rings. The number of hydrogen-bond acceptors (Lipinski definition) is 3. The van der Waals surface area contributed by atoms with Gasteiger partial charge >= 0.3 is 7.82 Å². The fraction of sp³-hybridized carbons (Fsp3) is 0.818. The van der Waals surface area contributed by atoms with Crippen LogP contribution in [0.5, 0.6) is 0 Å². The zero-order chi connectivity index (χ0) is 13.5. The Balaban J connectivity index is 2.33. The molecule has 0 bridgehead atoms. The number of ether oxygens (including phenoxy) is 1. The van der Waals surface area contributed by atoms with Crippen molar-refractivity contribution >= 4 is 7.82 Å². The van der Waals surface area contributed by atoms with Crippen LogP contribution in [0.25, 0.3) is 0 Å². The van der Waals surface area contributed by atoms with Crippen LogP contribution in [-0.4, -0.2) is 60.3 Å². The van der Waals surface area contributed by atoms with Crippen molar-refractivity contribution in [3.8, 4) is 0 Å². The molecular weight excluding hydrogens is 257 g/mol. The van der Waals surface area contributed by atoms with Gasteiger partial charge < -0.3 is 19.0 Å². The van der Waals surface area contributed by atoms with Gasteiger partial charge in [0, 0.05) is 12.8 Å². The van der Waals surface area contributed by atoms with E-state index >= 15 is 0 Å². The summed E-state index contributed by atoms with van der Waals surface area (Å²) in [6.45, 7) is 8.40. The van der Waals surface area contributed by atoms with Gasteiger partial charge in [0.25, 0.3) is 0 Å². The van der Waals surface area contributed by atoms with E-state index in [0.29, 0.717) is 19.8 Å². The summed E-state index contributed by atoms with van der Waals surface area (Å²) < 4.78 is 21.4. The molecule has 0 unspecified atom stereocenters. The lowest BCUT2D eigenvalue weighted by Crippen LogP contribution is -2.49. The van der Waals surface area contributed by atoms with Gasteiger partial charge in [-0.1, -0.05) is 6.08 Å². The van der Waals surface area contributed by atoms with Crippen molar-refractivity contribution in [1.29, 1.82) is 0 Å². The molecule has 0 saturated carbocycles. The van der Waals surface area contributed by atoms with Gasteiger partial charge in [-0.05, 0) is 0 Å². The van der Waals surface area contributed by atoms with Gasteiger partial charge in [-0.25, -0.2) is 4.57 Å². The van der Waals surface area contributed by atoms with E-state index in [1.165, 1.54) is 0 Å². The predicted molar refractivity (Wildman–Crippen MR) is 68.0 cm³/mol. The monoisotopic (exact) mass is 280 g/mol. The van der Waals surface area contributed by atoms with Crippen molar-refractivity contribution in [2.24, 2.45) is 0 Å². The summed E-state index contributed by atoms with van der Waals surface area (Å²) in [5, 5.41) is 0. The van der Waals surface area contributed by atoms with Crippen molar-refractivity contribution in [2.45, 2.75) is 12.8 Å². The molecule has 0 amide bonds. The van der Waals surface area contributed by atoms with Crippen molar-refractivity contribution in [3.05, 3.63) is 12.7 Å². The Bertz CT molecular complexity index is 298. The quantitative estimate of drug-likeness (QED) is 0.284. The number of phosphoric ester groups is 1. The lowest BCUT2D eigenvalue weighted by Gasteiger charge is -2.34. The van der Waals surface area contributed by atoms with Crippen molar-refractivity contribution in [1.82, 2.24) is 0 Å². The first kappa shape index (κ1) is 15.8. The van der Waals surface area contributed by atoms with E-state index in [0.717, 1.165) is 37.0 Å². The highest BCUT2D eigenvalue weighted by Gasteiger charge is 2.32. The Kier molecular flexibility index (Phi) is 6.49. The van der Waals surface area contributed by atoms with E-state index in [1.807, 2.05) is 0 Å². The lowest BCUT2D eigenvalue weighted by molar-refractivity contribution is -0.917. The van der Waals surface area contributed by atoms with Gasteiger partial charge in [-0.3, -0.25) is 4.52 Å². The fourth-order valence-corrected chi connectivity index (χ4v) is 2.66. The van der Waals surface area contributed by atoms with Crippen LogP contribution < -0.4 is 0 Å². The molecule has 1 heterocycles. The van der Waals surface area contributed by atoms with Gasteiger partial charge in [0.1, 0.15) is 19.7 Å². The van der Waals surface area contributed by atoms with Crippen molar-refractivity contribution in [2.75, 3.05) is 46.0 Å². The summed E-state index contributed by atoms with van der Waals surface area (Å²) in [6.07, 6.45) is 4.01. The normalized spacial score (nSPS) is 19.0. The molecule has 6 nitrogen and oxygen atoms in total. The Morgan fingerprint density at radius 2 is 1.83 bits per heavy atom. The highest BCUT2D eigenvalue weighted by atomic mass is 31.2. The number of nitrogens with zero attached hydrogens (tertiary/aromatic N) is 1. The van der Waals surface area contributed by atoms with Crippen LogP contribution in [0, 0.1) is 0 Å². The second-order valence-electron chi connectivity index (χ2n) is 4.63. The number of hydrogen-bond donors (Lipinski definition) is 2. The van der Waals surface area contributed by atoms with E-state index in [4.69, 9.17) is 14.5 Å². The molecule has 1 aliphatic heterocycles. The Hall–Kier alpha value is -0.230. The minimum atomic E-state index is -4.34. The van der Waals surface area contributed by atoms with Crippen LogP contribution in [-0.2, 0) is 13.8 Å². The third-order valence-electron chi connectivity index (χ3n) is 3.29. The highest BCUT2D eigenvalue weighted by Crippen LogP contribution is 2.35. The Morgan fingerprint density at radius 3 is 2.39 bits per heavy atom. The van der Waals surface area contributed by atoms with Gasteiger partial charge in [-0.2, -0.15) is 0 Å². The molecule has 0 aromatic rings. The molecule has 1 rings (SSSR count). The number of likely N-dealkylation sites (tertiary alicyclic amines) is 1. The molecule has 1 fully saturated rings. The van der Waals surface area contributed by atoms with Gasteiger partial charge in [-0.15, -0.1) is 6.58 Å². The third-order valence-corrected chi connectivity index (χ3v) is 3.80. The van der Waals surface area contributed by atoms with Crippen LogP contribution in [0.2, 0.25) is 0 Å². The molecule has 1 saturated heterocycles. The van der Waals surface area contributed by atoms with E-state index in [9.17, 15) is 4.57 Å². The fourth-order valence-electron chi connectivity index (χ4n) is 2.34. The molecule has 0 radical (unpaired) electrons. The van der Waals surface area contributed by atoms with E-state index in [2.05, 4.69) is 11.1 Å². The molecule has 0 aromatic heterocycles. The first-order chi connectivity index (χ1) is 8.47. The molecule has 7 heteroatoms. The zero-order valence-electron chi connectivity index (χ0n) is 10.7. The zero-order valence-corrected chi connectivity index (χ0v) is 11.6. The molecular formula is C11H23NO5P+. The van der Waals surface area contributed by atoms with Crippen LogP contribution in [0.4, 0.5) is 0 Å². The summed E-state index contributed by atoms with van der Waals surface area (Å²) in [5.74, 6) is 0. The molecule has 0 spiro atoms. The molecule has 0 aliphatic carbocycles. The van der Waals surface area contributed by atoms with E-state index in [1.54, 1.807) is 6.08 Å². The summed E-state index contributed by atoms with van der Waals surface area (Å²) in [7, 11) is -4.34. The van der Waals surface area contributed by atoms with Crippen LogP contribution in [0.3, 0.4) is 0 Å². The maximum absolute atomic E-state index is 10.6. The minimum Gasteiger partial charge on any atom is -0.372 e. The number of rotatable bonds is 9. The summed E-state index contributed by atoms with van der Waals surface area (Å²) in [4.78, 5) is 17.3. The lowest BCUT2D eigenvalue weighted by atomic mass is 10.4. The average Bonchev–Trinajstić information content (AvgIpc) is 2.72. The molecule has 2 N–H and O–H groups in total. The highest BCUT2D eigenvalue weighted by molar-refractivity contribution is 7.46. The molecule has 106 valence electrons. The van der Waals surface area contributed by atoms with Gasteiger partial charge in [0.2, 0.25) is 0 Å². The second kappa shape index (κ2) is 7.38. The topological polar surface area (TPSA) is 76.0 Å².